The Morgan fingerprint density at radius 2 is 1.68 bits per heavy atom. The fourth-order valence-electron chi connectivity index (χ4n) is 2.47. The quantitative estimate of drug-likeness (QED) is 0.449. The number of ketones is 1. The molecule has 142 valence electrons. The van der Waals surface area contributed by atoms with Crippen LogP contribution < -0.4 is 10.1 Å². The Morgan fingerprint density at radius 1 is 0.964 bits per heavy atom. The number of methoxy groups -OCH3 is 1. The Hall–Kier alpha value is -3.12. The van der Waals surface area contributed by atoms with Gasteiger partial charge in [0.15, 0.2) is 5.78 Å². The first-order valence-corrected chi connectivity index (χ1v) is 9.51. The van der Waals surface area contributed by atoms with E-state index in [4.69, 9.17) is 4.74 Å². The van der Waals surface area contributed by atoms with Crippen LogP contribution in [0.2, 0.25) is 0 Å². The lowest BCUT2D eigenvalue weighted by Crippen LogP contribution is -2.11. The van der Waals surface area contributed by atoms with Gasteiger partial charge >= 0.3 is 0 Å². The van der Waals surface area contributed by atoms with Crippen LogP contribution in [0, 0.1) is 5.82 Å². The summed E-state index contributed by atoms with van der Waals surface area (Å²) in [6.45, 7) is 0. The Bertz CT molecular complexity index is 972. The third-order valence-corrected chi connectivity index (χ3v) is 4.99. The minimum Gasteiger partial charge on any atom is -0.497 e. The number of hydrogen-bond acceptors (Lipinski definition) is 4. The van der Waals surface area contributed by atoms with Crippen LogP contribution in [0.25, 0.3) is 0 Å². The van der Waals surface area contributed by atoms with Crippen molar-refractivity contribution < 1.29 is 18.7 Å². The van der Waals surface area contributed by atoms with Crippen LogP contribution in [0.4, 0.5) is 10.1 Å². The molecule has 1 N–H and O–H groups in total. The molecule has 0 saturated carbocycles. The van der Waals surface area contributed by atoms with Crippen LogP contribution >= 0.6 is 11.8 Å². The standard InChI is InChI=1S/C22H18FNO3S/c1-27-19-4-2-3-16(13-19)22(26)24-18-9-11-20(12-10-18)28-14-21(25)15-5-7-17(23)8-6-15/h2-13H,14H2,1H3,(H,24,26). The zero-order valence-electron chi connectivity index (χ0n) is 15.1. The van der Waals surface area contributed by atoms with Crippen molar-refractivity contribution in [2.24, 2.45) is 0 Å². The van der Waals surface area contributed by atoms with Gasteiger partial charge in [0.05, 0.1) is 12.9 Å². The number of halogens is 1. The number of amides is 1. The number of benzene rings is 3. The van der Waals surface area contributed by atoms with Crippen molar-refractivity contribution in [1.82, 2.24) is 0 Å². The van der Waals surface area contributed by atoms with Crippen molar-refractivity contribution in [1.29, 1.82) is 0 Å². The highest BCUT2D eigenvalue weighted by Gasteiger charge is 2.09. The summed E-state index contributed by atoms with van der Waals surface area (Å²) >= 11 is 1.38. The molecular formula is C22H18FNO3S. The van der Waals surface area contributed by atoms with Gasteiger partial charge < -0.3 is 10.1 Å². The molecule has 0 atom stereocenters. The molecule has 3 aromatic rings. The molecule has 0 saturated heterocycles. The van der Waals surface area contributed by atoms with E-state index in [0.29, 0.717) is 22.6 Å². The van der Waals surface area contributed by atoms with E-state index in [1.54, 1.807) is 43.5 Å². The second-order valence-corrected chi connectivity index (χ2v) is 6.98. The minimum atomic E-state index is -0.365. The number of hydrogen-bond donors (Lipinski definition) is 1. The van der Waals surface area contributed by atoms with E-state index in [-0.39, 0.29) is 23.3 Å². The van der Waals surface area contributed by atoms with Crippen molar-refractivity contribution >= 4 is 29.1 Å². The molecule has 4 nitrogen and oxygen atoms in total. The Morgan fingerprint density at radius 3 is 2.36 bits per heavy atom. The van der Waals surface area contributed by atoms with Gasteiger partial charge in [0.2, 0.25) is 0 Å². The highest BCUT2D eigenvalue weighted by atomic mass is 32.2. The average Bonchev–Trinajstić information content (AvgIpc) is 2.73. The number of rotatable bonds is 7. The number of Topliss-reactive ketones (excluding diaryl/α,β-unsaturated/α-hetero) is 1. The van der Waals surface area contributed by atoms with E-state index in [2.05, 4.69) is 5.32 Å². The molecule has 0 bridgehead atoms. The van der Waals surface area contributed by atoms with E-state index in [0.717, 1.165) is 4.90 Å². The lowest BCUT2D eigenvalue weighted by molar-refractivity contribution is 0.101. The van der Waals surface area contributed by atoms with E-state index in [1.807, 2.05) is 12.1 Å². The number of anilines is 1. The molecule has 0 spiro atoms. The smallest absolute Gasteiger partial charge is 0.255 e. The van der Waals surface area contributed by atoms with Crippen LogP contribution in [0.3, 0.4) is 0 Å². The Kier molecular flexibility index (Phi) is 6.45. The molecule has 0 aliphatic carbocycles. The maximum absolute atomic E-state index is 12.9. The van der Waals surface area contributed by atoms with Gasteiger partial charge in [-0.05, 0) is 66.7 Å². The van der Waals surface area contributed by atoms with Crippen LogP contribution in [0.15, 0.2) is 77.7 Å². The first-order chi connectivity index (χ1) is 13.5. The molecule has 0 radical (unpaired) electrons. The SMILES string of the molecule is COc1cccc(C(=O)Nc2ccc(SCC(=O)c3ccc(F)cc3)cc2)c1. The van der Waals surface area contributed by atoms with Gasteiger partial charge in [-0.2, -0.15) is 0 Å². The molecular weight excluding hydrogens is 377 g/mol. The van der Waals surface area contributed by atoms with Crippen LogP contribution in [-0.2, 0) is 0 Å². The fraction of sp³-hybridized carbons (Fsp3) is 0.0909. The van der Waals surface area contributed by atoms with Crippen molar-refractivity contribution in [3.05, 3.63) is 89.7 Å². The highest BCUT2D eigenvalue weighted by Crippen LogP contribution is 2.22. The number of carbonyl (C=O) groups excluding carboxylic acids is 2. The number of nitrogens with one attached hydrogen (secondary N) is 1. The van der Waals surface area contributed by atoms with Crippen LogP contribution in [-0.4, -0.2) is 24.6 Å². The van der Waals surface area contributed by atoms with Gasteiger partial charge in [-0.15, -0.1) is 11.8 Å². The number of ether oxygens (including phenoxy) is 1. The first-order valence-electron chi connectivity index (χ1n) is 8.52. The first kappa shape index (κ1) is 19.6. The van der Waals surface area contributed by atoms with Crippen molar-refractivity contribution in [2.75, 3.05) is 18.2 Å². The van der Waals surface area contributed by atoms with Crippen LogP contribution in [0.5, 0.6) is 5.75 Å². The Balaban J connectivity index is 1.56. The Labute approximate surface area is 166 Å². The molecule has 3 rings (SSSR count). The summed E-state index contributed by atoms with van der Waals surface area (Å²) in [6.07, 6.45) is 0. The fourth-order valence-corrected chi connectivity index (χ4v) is 3.26. The largest absolute Gasteiger partial charge is 0.497 e. The summed E-state index contributed by atoms with van der Waals surface area (Å²) in [5.74, 6) is 0.202. The molecule has 0 aliphatic rings. The summed E-state index contributed by atoms with van der Waals surface area (Å²) in [6, 6.07) is 19.7. The van der Waals surface area contributed by atoms with Crippen LogP contribution in [0.1, 0.15) is 20.7 Å². The molecule has 0 heterocycles. The molecule has 6 heteroatoms. The van der Waals surface area contributed by atoms with Crippen molar-refractivity contribution in [3.8, 4) is 5.75 Å². The minimum absolute atomic E-state index is 0.0691. The monoisotopic (exact) mass is 395 g/mol. The predicted octanol–water partition coefficient (Wildman–Crippen LogP) is 5.06. The summed E-state index contributed by atoms with van der Waals surface area (Å²) in [5.41, 5.74) is 1.64. The van der Waals surface area contributed by atoms with E-state index >= 15 is 0 Å². The maximum Gasteiger partial charge on any atom is 0.255 e. The predicted molar refractivity (Wildman–Crippen MR) is 109 cm³/mol. The lowest BCUT2D eigenvalue weighted by atomic mass is 10.1. The van der Waals surface area contributed by atoms with Gasteiger partial charge in [-0.3, -0.25) is 9.59 Å². The summed E-state index contributed by atoms with van der Waals surface area (Å²) in [4.78, 5) is 25.4. The lowest BCUT2D eigenvalue weighted by Gasteiger charge is -2.08. The van der Waals surface area contributed by atoms with Gasteiger partial charge in [0, 0.05) is 21.7 Å². The third-order valence-electron chi connectivity index (χ3n) is 3.98. The second-order valence-electron chi connectivity index (χ2n) is 5.93. The van der Waals surface area contributed by atoms with Gasteiger partial charge in [0.25, 0.3) is 5.91 Å². The van der Waals surface area contributed by atoms with Crippen molar-refractivity contribution in [3.63, 3.8) is 0 Å². The van der Waals surface area contributed by atoms with Gasteiger partial charge in [0.1, 0.15) is 11.6 Å². The number of carbonyl (C=O) groups is 2. The zero-order chi connectivity index (χ0) is 19.9. The van der Waals surface area contributed by atoms with E-state index < -0.39 is 0 Å². The average molecular weight is 395 g/mol. The summed E-state index contributed by atoms with van der Waals surface area (Å²) < 4.78 is 18.0. The molecule has 28 heavy (non-hydrogen) atoms. The number of thioether (sulfide) groups is 1. The normalized spacial score (nSPS) is 10.4. The van der Waals surface area contributed by atoms with E-state index in [9.17, 15) is 14.0 Å². The topological polar surface area (TPSA) is 55.4 Å². The highest BCUT2D eigenvalue weighted by molar-refractivity contribution is 8.00. The van der Waals surface area contributed by atoms with Gasteiger partial charge in [-0.25, -0.2) is 4.39 Å². The summed E-state index contributed by atoms with van der Waals surface area (Å²) in [7, 11) is 1.55. The molecule has 0 aromatic heterocycles. The third kappa shape index (κ3) is 5.20. The maximum atomic E-state index is 12.9. The molecule has 0 aliphatic heterocycles. The summed E-state index contributed by atoms with van der Waals surface area (Å²) in [5, 5.41) is 2.83. The van der Waals surface area contributed by atoms with Crippen molar-refractivity contribution in [2.45, 2.75) is 4.90 Å². The van der Waals surface area contributed by atoms with E-state index in [1.165, 1.54) is 36.0 Å². The van der Waals surface area contributed by atoms with Gasteiger partial charge in [-0.1, -0.05) is 6.07 Å². The zero-order valence-corrected chi connectivity index (χ0v) is 16.0. The molecule has 0 unspecified atom stereocenters. The molecule has 0 fully saturated rings. The molecule has 3 aromatic carbocycles. The molecule has 1 amide bonds. The second kappa shape index (κ2) is 9.19.